The van der Waals surface area contributed by atoms with Crippen molar-refractivity contribution in [3.63, 3.8) is 0 Å². The molecule has 0 aromatic rings. The topological polar surface area (TPSA) is 85.9 Å². The van der Waals surface area contributed by atoms with E-state index >= 15 is 0 Å². The van der Waals surface area contributed by atoms with Gasteiger partial charge in [0, 0.05) is 19.7 Å². The van der Waals surface area contributed by atoms with Crippen molar-refractivity contribution in [3.8, 4) is 0 Å². The average Bonchev–Trinajstić information content (AvgIpc) is 2.33. The van der Waals surface area contributed by atoms with Crippen molar-refractivity contribution < 1.29 is 23.8 Å². The predicted molar refractivity (Wildman–Crippen MR) is 65.5 cm³/mol. The lowest BCUT2D eigenvalue weighted by Gasteiger charge is -2.17. The first-order valence-electron chi connectivity index (χ1n) is 6.06. The molecule has 0 aromatic heterocycles. The molecule has 0 aliphatic heterocycles. The van der Waals surface area contributed by atoms with E-state index in [1.54, 1.807) is 13.8 Å². The van der Waals surface area contributed by atoms with Gasteiger partial charge in [-0.2, -0.15) is 0 Å². The Bertz CT molecular complexity index is 226. The molecule has 0 radical (unpaired) electrons. The molecule has 2 amide bonds. The largest absolute Gasteiger partial charge is 0.447 e. The summed E-state index contributed by atoms with van der Waals surface area (Å²) in [6.45, 7) is 6.91. The highest BCUT2D eigenvalue weighted by atomic mass is 16.6. The molecule has 0 aliphatic rings. The highest BCUT2D eigenvalue weighted by Gasteiger charge is 2.14. The molecule has 0 heterocycles. The maximum atomic E-state index is 11.1. The number of rotatable bonds is 8. The van der Waals surface area contributed by atoms with Gasteiger partial charge >= 0.3 is 12.2 Å². The van der Waals surface area contributed by atoms with E-state index in [1.807, 2.05) is 6.92 Å². The highest BCUT2D eigenvalue weighted by molar-refractivity contribution is 5.67. The van der Waals surface area contributed by atoms with Crippen LogP contribution in [0.25, 0.3) is 0 Å². The molecule has 0 unspecified atom stereocenters. The zero-order valence-electron chi connectivity index (χ0n) is 11.2. The van der Waals surface area contributed by atoms with Gasteiger partial charge in [-0.15, -0.1) is 0 Å². The number of carbonyl (C=O) groups excluding carboxylic acids is 2. The molecule has 0 bridgehead atoms. The zero-order valence-corrected chi connectivity index (χ0v) is 11.2. The van der Waals surface area contributed by atoms with Gasteiger partial charge in [-0.25, -0.2) is 9.59 Å². The van der Waals surface area contributed by atoms with Crippen LogP contribution in [0.2, 0.25) is 0 Å². The summed E-state index contributed by atoms with van der Waals surface area (Å²) >= 11 is 0. The van der Waals surface area contributed by atoms with E-state index in [0.29, 0.717) is 19.7 Å². The Morgan fingerprint density at radius 2 is 1.39 bits per heavy atom. The summed E-state index contributed by atoms with van der Waals surface area (Å²) in [7, 11) is 0. The molecule has 0 rings (SSSR count). The Morgan fingerprint density at radius 1 is 0.944 bits per heavy atom. The third kappa shape index (κ3) is 8.63. The van der Waals surface area contributed by atoms with Crippen molar-refractivity contribution in [2.45, 2.75) is 26.9 Å². The standard InChI is InChI=1S/C11H22N2O5/c1-4-12-10(14)17-7-9(16-6-3)8-18-11(15)13-5-2/h9H,4-8H2,1-3H3,(H,12,14)(H,13,15). The Balaban J connectivity index is 3.91. The van der Waals surface area contributed by atoms with Crippen molar-refractivity contribution in [3.05, 3.63) is 0 Å². The molecular weight excluding hydrogens is 240 g/mol. The normalized spacial score (nSPS) is 10.0. The molecule has 7 heteroatoms. The SMILES string of the molecule is CCNC(=O)OCC(COC(=O)NCC)OCC. The van der Waals surface area contributed by atoms with Crippen LogP contribution in [-0.2, 0) is 14.2 Å². The molecule has 0 aliphatic carbocycles. The number of alkyl carbamates (subject to hydrolysis) is 2. The zero-order chi connectivity index (χ0) is 13.8. The summed E-state index contributed by atoms with van der Waals surface area (Å²) in [4.78, 5) is 22.2. The van der Waals surface area contributed by atoms with Crippen LogP contribution in [0.1, 0.15) is 20.8 Å². The molecule has 0 fully saturated rings. The number of hydrogen-bond acceptors (Lipinski definition) is 5. The highest BCUT2D eigenvalue weighted by Crippen LogP contribution is 1.96. The van der Waals surface area contributed by atoms with E-state index in [4.69, 9.17) is 14.2 Å². The lowest BCUT2D eigenvalue weighted by Crippen LogP contribution is -2.34. The van der Waals surface area contributed by atoms with Gasteiger partial charge < -0.3 is 24.8 Å². The number of hydrogen-bond donors (Lipinski definition) is 2. The van der Waals surface area contributed by atoms with Gasteiger partial charge in [-0.1, -0.05) is 0 Å². The number of amides is 2. The van der Waals surface area contributed by atoms with Crippen molar-refractivity contribution in [2.24, 2.45) is 0 Å². The third-order valence-corrected chi connectivity index (χ3v) is 1.85. The van der Waals surface area contributed by atoms with Gasteiger partial charge in [0.1, 0.15) is 19.3 Å². The maximum Gasteiger partial charge on any atom is 0.407 e. The summed E-state index contributed by atoms with van der Waals surface area (Å²) in [6.07, 6.45) is -1.49. The van der Waals surface area contributed by atoms with Crippen LogP contribution in [-0.4, -0.2) is 51.2 Å². The van der Waals surface area contributed by atoms with E-state index in [2.05, 4.69) is 10.6 Å². The minimum absolute atomic E-state index is 0.0408. The lowest BCUT2D eigenvalue weighted by atomic mass is 10.4. The molecule has 0 spiro atoms. The molecule has 18 heavy (non-hydrogen) atoms. The minimum Gasteiger partial charge on any atom is -0.447 e. The predicted octanol–water partition coefficient (Wildman–Crippen LogP) is 0.884. The second-order valence-corrected chi connectivity index (χ2v) is 3.33. The van der Waals surface area contributed by atoms with Crippen molar-refractivity contribution in [1.82, 2.24) is 10.6 Å². The van der Waals surface area contributed by atoms with Gasteiger partial charge in [-0.05, 0) is 20.8 Å². The molecule has 0 atom stereocenters. The Hall–Kier alpha value is -1.50. The molecule has 7 nitrogen and oxygen atoms in total. The molecule has 0 aromatic carbocycles. The fraction of sp³-hybridized carbons (Fsp3) is 0.818. The van der Waals surface area contributed by atoms with Gasteiger partial charge in [0.15, 0.2) is 0 Å². The monoisotopic (exact) mass is 262 g/mol. The summed E-state index contributed by atoms with van der Waals surface area (Å²) < 4.78 is 15.1. The van der Waals surface area contributed by atoms with Crippen LogP contribution < -0.4 is 10.6 Å². The Morgan fingerprint density at radius 3 is 1.72 bits per heavy atom. The minimum atomic E-state index is -0.514. The quantitative estimate of drug-likeness (QED) is 0.678. The average molecular weight is 262 g/mol. The van der Waals surface area contributed by atoms with Gasteiger partial charge in [0.2, 0.25) is 0 Å². The molecule has 0 saturated heterocycles. The fourth-order valence-corrected chi connectivity index (χ4v) is 1.11. The van der Waals surface area contributed by atoms with Crippen molar-refractivity contribution in [2.75, 3.05) is 32.9 Å². The van der Waals surface area contributed by atoms with Gasteiger partial charge in [0.25, 0.3) is 0 Å². The third-order valence-electron chi connectivity index (χ3n) is 1.85. The van der Waals surface area contributed by atoms with Crippen molar-refractivity contribution in [1.29, 1.82) is 0 Å². The number of carbonyl (C=O) groups is 2. The van der Waals surface area contributed by atoms with Crippen LogP contribution >= 0.6 is 0 Å². The Kier molecular flexibility index (Phi) is 9.75. The van der Waals surface area contributed by atoms with Crippen LogP contribution in [0.4, 0.5) is 9.59 Å². The van der Waals surface area contributed by atoms with E-state index in [-0.39, 0.29) is 13.2 Å². The second-order valence-electron chi connectivity index (χ2n) is 3.33. The first-order valence-corrected chi connectivity index (χ1v) is 6.06. The summed E-state index contributed by atoms with van der Waals surface area (Å²) in [5, 5.41) is 4.98. The van der Waals surface area contributed by atoms with Crippen LogP contribution in [0.3, 0.4) is 0 Å². The maximum absolute atomic E-state index is 11.1. The molecule has 0 saturated carbocycles. The van der Waals surface area contributed by atoms with Crippen LogP contribution in [0.15, 0.2) is 0 Å². The molecule has 2 N–H and O–H groups in total. The van der Waals surface area contributed by atoms with Crippen molar-refractivity contribution >= 4 is 12.2 Å². The Labute approximate surface area is 107 Å². The summed E-state index contributed by atoms with van der Waals surface area (Å²) in [5.74, 6) is 0. The second kappa shape index (κ2) is 10.6. The van der Waals surface area contributed by atoms with Gasteiger partial charge in [-0.3, -0.25) is 0 Å². The van der Waals surface area contributed by atoms with E-state index < -0.39 is 18.3 Å². The van der Waals surface area contributed by atoms with Crippen LogP contribution in [0.5, 0.6) is 0 Å². The first kappa shape index (κ1) is 16.5. The summed E-state index contributed by atoms with van der Waals surface area (Å²) in [6, 6.07) is 0. The molecular formula is C11H22N2O5. The molecule has 106 valence electrons. The number of ether oxygens (including phenoxy) is 3. The van der Waals surface area contributed by atoms with Gasteiger partial charge in [0.05, 0.1) is 0 Å². The fourth-order valence-electron chi connectivity index (χ4n) is 1.11. The first-order chi connectivity index (χ1) is 8.63. The van der Waals surface area contributed by atoms with E-state index in [0.717, 1.165) is 0 Å². The van der Waals surface area contributed by atoms with Crippen LogP contribution in [0, 0.1) is 0 Å². The van der Waals surface area contributed by atoms with E-state index in [1.165, 1.54) is 0 Å². The smallest absolute Gasteiger partial charge is 0.407 e. The number of nitrogens with one attached hydrogen (secondary N) is 2. The lowest BCUT2D eigenvalue weighted by molar-refractivity contribution is -0.0236. The van der Waals surface area contributed by atoms with E-state index in [9.17, 15) is 9.59 Å². The summed E-state index contributed by atoms with van der Waals surface area (Å²) in [5.41, 5.74) is 0.